The van der Waals surface area contributed by atoms with Crippen molar-refractivity contribution in [3.05, 3.63) is 35.5 Å². The summed E-state index contributed by atoms with van der Waals surface area (Å²) in [5.41, 5.74) is 1.46. The van der Waals surface area contributed by atoms with Crippen molar-refractivity contribution in [3.63, 3.8) is 0 Å². The van der Waals surface area contributed by atoms with E-state index in [0.29, 0.717) is 30.7 Å². The summed E-state index contributed by atoms with van der Waals surface area (Å²) in [7, 11) is 1.85. The van der Waals surface area contributed by atoms with Gasteiger partial charge < -0.3 is 14.5 Å². The van der Waals surface area contributed by atoms with E-state index in [0.717, 1.165) is 5.56 Å². The van der Waals surface area contributed by atoms with E-state index in [4.69, 9.17) is 4.52 Å². The number of aryl methyl sites for hydroxylation is 2. The van der Waals surface area contributed by atoms with E-state index < -0.39 is 6.10 Å². The van der Waals surface area contributed by atoms with Crippen molar-refractivity contribution in [2.75, 3.05) is 6.54 Å². The van der Waals surface area contributed by atoms with Gasteiger partial charge in [0.15, 0.2) is 0 Å². The van der Waals surface area contributed by atoms with Crippen molar-refractivity contribution in [2.24, 2.45) is 7.05 Å². The molecule has 3 heterocycles. The van der Waals surface area contributed by atoms with E-state index >= 15 is 0 Å². The fourth-order valence-corrected chi connectivity index (χ4v) is 2.81. The van der Waals surface area contributed by atoms with E-state index in [-0.39, 0.29) is 11.9 Å². The molecular weight excluding hydrogens is 272 g/mol. The van der Waals surface area contributed by atoms with Gasteiger partial charge in [0.2, 0.25) is 0 Å². The van der Waals surface area contributed by atoms with E-state index in [2.05, 4.69) is 10.3 Å². The van der Waals surface area contributed by atoms with Gasteiger partial charge in [-0.25, -0.2) is 0 Å². The predicted molar refractivity (Wildman–Crippen MR) is 73.6 cm³/mol. The molecule has 0 aliphatic carbocycles. The molecule has 1 amide bonds. The molecule has 0 saturated carbocycles. The van der Waals surface area contributed by atoms with Crippen LogP contribution in [0.4, 0.5) is 0 Å². The van der Waals surface area contributed by atoms with Gasteiger partial charge >= 0.3 is 0 Å². The van der Waals surface area contributed by atoms with Crippen LogP contribution in [0.15, 0.2) is 23.1 Å². The zero-order valence-corrected chi connectivity index (χ0v) is 12.1. The first kappa shape index (κ1) is 13.8. The van der Waals surface area contributed by atoms with Crippen LogP contribution in [-0.4, -0.2) is 49.5 Å². The summed E-state index contributed by atoms with van der Waals surface area (Å²) < 4.78 is 6.67. The largest absolute Gasteiger partial charge is 0.391 e. The number of carbonyl (C=O) groups is 1. The van der Waals surface area contributed by atoms with Crippen molar-refractivity contribution in [3.8, 4) is 0 Å². The summed E-state index contributed by atoms with van der Waals surface area (Å²) in [6, 6.07) is -0.240. The maximum atomic E-state index is 12.6. The topological polar surface area (TPSA) is 84.4 Å². The molecule has 2 atom stereocenters. The average Bonchev–Trinajstić information content (AvgIpc) is 3.13. The first-order valence-corrected chi connectivity index (χ1v) is 6.94. The Morgan fingerprint density at radius 1 is 1.52 bits per heavy atom. The highest BCUT2D eigenvalue weighted by Gasteiger charge is 2.37. The highest BCUT2D eigenvalue weighted by atomic mass is 16.5. The van der Waals surface area contributed by atoms with Crippen molar-refractivity contribution in [1.29, 1.82) is 0 Å². The maximum absolute atomic E-state index is 12.6. The highest BCUT2D eigenvalue weighted by molar-refractivity contribution is 5.95. The second kappa shape index (κ2) is 5.33. The van der Waals surface area contributed by atoms with Crippen molar-refractivity contribution in [2.45, 2.75) is 31.9 Å². The van der Waals surface area contributed by atoms with E-state index in [1.165, 1.54) is 6.20 Å². The van der Waals surface area contributed by atoms with Gasteiger partial charge in [-0.05, 0) is 25.3 Å². The molecule has 1 saturated heterocycles. The SMILES string of the molecule is Cc1oncc1C(=O)N1CC[C@H](O)[C@@H]1Cc1cnn(C)c1. The number of hydrogen-bond donors (Lipinski definition) is 1. The summed E-state index contributed by atoms with van der Waals surface area (Å²) >= 11 is 0. The third kappa shape index (κ3) is 2.56. The van der Waals surface area contributed by atoms with Gasteiger partial charge in [0.25, 0.3) is 5.91 Å². The lowest BCUT2D eigenvalue weighted by atomic mass is 10.0. The van der Waals surface area contributed by atoms with Crippen LogP contribution < -0.4 is 0 Å². The molecule has 1 N–H and O–H groups in total. The van der Waals surface area contributed by atoms with Crippen LogP contribution >= 0.6 is 0 Å². The van der Waals surface area contributed by atoms with E-state index in [1.54, 1.807) is 22.7 Å². The molecule has 0 unspecified atom stereocenters. The Kier molecular flexibility index (Phi) is 3.50. The van der Waals surface area contributed by atoms with Crippen LogP contribution in [0.25, 0.3) is 0 Å². The number of likely N-dealkylation sites (tertiary alicyclic amines) is 1. The molecule has 2 aromatic heterocycles. The highest BCUT2D eigenvalue weighted by Crippen LogP contribution is 2.24. The lowest BCUT2D eigenvalue weighted by Crippen LogP contribution is -2.41. The molecule has 1 aliphatic heterocycles. The molecule has 3 rings (SSSR count). The van der Waals surface area contributed by atoms with Gasteiger partial charge in [0.05, 0.1) is 24.5 Å². The molecule has 1 fully saturated rings. The Hall–Kier alpha value is -2.15. The number of rotatable bonds is 3. The minimum Gasteiger partial charge on any atom is -0.391 e. The van der Waals surface area contributed by atoms with Gasteiger partial charge in [-0.3, -0.25) is 9.48 Å². The number of aromatic nitrogens is 3. The zero-order valence-electron chi connectivity index (χ0n) is 12.1. The molecule has 21 heavy (non-hydrogen) atoms. The second-order valence-corrected chi connectivity index (χ2v) is 5.44. The predicted octanol–water partition coefficient (Wildman–Crippen LogP) is 0.535. The molecule has 1 aliphatic rings. The van der Waals surface area contributed by atoms with Crippen LogP contribution in [0.3, 0.4) is 0 Å². The van der Waals surface area contributed by atoms with E-state index in [9.17, 15) is 9.90 Å². The third-order valence-electron chi connectivity index (χ3n) is 3.96. The number of aliphatic hydroxyl groups is 1. The summed E-state index contributed by atoms with van der Waals surface area (Å²) in [6.07, 6.45) is 5.75. The van der Waals surface area contributed by atoms with Crippen LogP contribution in [0.5, 0.6) is 0 Å². The maximum Gasteiger partial charge on any atom is 0.259 e. The van der Waals surface area contributed by atoms with Crippen molar-refractivity contribution in [1.82, 2.24) is 19.8 Å². The Bertz CT molecular complexity index is 648. The Morgan fingerprint density at radius 3 is 2.95 bits per heavy atom. The molecule has 0 aromatic carbocycles. The number of carbonyl (C=O) groups excluding carboxylic acids is 1. The lowest BCUT2D eigenvalue weighted by molar-refractivity contribution is 0.0638. The summed E-state index contributed by atoms with van der Waals surface area (Å²) in [6.45, 7) is 2.25. The normalized spacial score (nSPS) is 22.0. The Labute approximate surface area is 122 Å². The van der Waals surface area contributed by atoms with Crippen LogP contribution in [-0.2, 0) is 13.5 Å². The Balaban J connectivity index is 1.80. The quantitative estimate of drug-likeness (QED) is 0.891. The smallest absolute Gasteiger partial charge is 0.259 e. The fraction of sp³-hybridized carbons (Fsp3) is 0.500. The molecule has 112 valence electrons. The third-order valence-corrected chi connectivity index (χ3v) is 3.96. The van der Waals surface area contributed by atoms with Gasteiger partial charge in [-0.2, -0.15) is 5.10 Å². The minimum absolute atomic E-state index is 0.140. The van der Waals surface area contributed by atoms with Crippen LogP contribution in [0.2, 0.25) is 0 Å². The molecule has 7 nitrogen and oxygen atoms in total. The Morgan fingerprint density at radius 2 is 2.33 bits per heavy atom. The second-order valence-electron chi connectivity index (χ2n) is 5.44. The van der Waals surface area contributed by atoms with Crippen LogP contribution in [0.1, 0.15) is 28.1 Å². The van der Waals surface area contributed by atoms with Gasteiger partial charge in [0, 0.05) is 19.8 Å². The number of nitrogens with zero attached hydrogens (tertiary/aromatic N) is 4. The molecular formula is C14H18N4O3. The van der Waals surface area contributed by atoms with Gasteiger partial charge in [-0.1, -0.05) is 5.16 Å². The standard InChI is InChI=1S/C14H18N4O3/c1-9-11(7-16-21-9)14(20)18-4-3-13(19)12(18)5-10-6-15-17(2)8-10/h6-8,12-13,19H,3-5H2,1-2H3/t12-,13-/m0/s1. The van der Waals surface area contributed by atoms with Gasteiger partial charge in [-0.15, -0.1) is 0 Å². The van der Waals surface area contributed by atoms with E-state index in [1.807, 2.05) is 13.2 Å². The van der Waals surface area contributed by atoms with Crippen molar-refractivity contribution < 1.29 is 14.4 Å². The van der Waals surface area contributed by atoms with Gasteiger partial charge in [0.1, 0.15) is 11.3 Å². The average molecular weight is 290 g/mol. The zero-order chi connectivity index (χ0) is 15.0. The number of aliphatic hydroxyl groups excluding tert-OH is 1. The van der Waals surface area contributed by atoms with Crippen LogP contribution in [0, 0.1) is 6.92 Å². The molecule has 0 bridgehead atoms. The first-order chi connectivity index (χ1) is 10.1. The molecule has 0 radical (unpaired) electrons. The fourth-order valence-electron chi connectivity index (χ4n) is 2.81. The summed E-state index contributed by atoms with van der Waals surface area (Å²) in [5, 5.41) is 18.0. The van der Waals surface area contributed by atoms with Crippen molar-refractivity contribution >= 4 is 5.91 Å². The summed E-state index contributed by atoms with van der Waals surface area (Å²) in [4.78, 5) is 14.3. The molecule has 2 aromatic rings. The first-order valence-electron chi connectivity index (χ1n) is 6.94. The molecule has 0 spiro atoms. The number of amides is 1. The number of hydrogen-bond acceptors (Lipinski definition) is 5. The summed E-state index contributed by atoms with van der Waals surface area (Å²) in [5.74, 6) is 0.362. The minimum atomic E-state index is -0.519. The molecule has 7 heteroatoms. The monoisotopic (exact) mass is 290 g/mol. The lowest BCUT2D eigenvalue weighted by Gasteiger charge is -2.25.